The molecule has 0 spiro atoms. The SMILES string of the molecule is CC(=O)c1cc(Br)c2c(c1)nc1n2CCCC1. The number of Topliss-reactive ketones (excluding diaryl/α,β-unsaturated/α-hetero) is 1. The molecule has 0 radical (unpaired) electrons. The largest absolute Gasteiger partial charge is 0.327 e. The maximum absolute atomic E-state index is 11.4. The van der Waals surface area contributed by atoms with Gasteiger partial charge in [-0.2, -0.15) is 0 Å². The molecule has 3 nitrogen and oxygen atoms in total. The molecule has 3 rings (SSSR count). The summed E-state index contributed by atoms with van der Waals surface area (Å²) in [4.78, 5) is 16.1. The average Bonchev–Trinajstić information content (AvgIpc) is 2.67. The fourth-order valence-electron chi connectivity index (χ4n) is 2.45. The third-order valence-electron chi connectivity index (χ3n) is 3.31. The van der Waals surface area contributed by atoms with E-state index in [2.05, 4.69) is 25.5 Å². The Hall–Kier alpha value is -1.16. The van der Waals surface area contributed by atoms with Crippen molar-refractivity contribution in [3.8, 4) is 0 Å². The number of ketones is 1. The monoisotopic (exact) mass is 292 g/mol. The quantitative estimate of drug-likeness (QED) is 0.756. The molecule has 1 aliphatic heterocycles. The van der Waals surface area contributed by atoms with Crippen LogP contribution in [0.2, 0.25) is 0 Å². The van der Waals surface area contributed by atoms with Crippen molar-refractivity contribution in [1.82, 2.24) is 9.55 Å². The molecule has 4 heteroatoms. The van der Waals surface area contributed by atoms with Gasteiger partial charge in [0.15, 0.2) is 5.78 Å². The number of benzene rings is 1. The fraction of sp³-hybridized carbons (Fsp3) is 0.385. The zero-order chi connectivity index (χ0) is 12.0. The van der Waals surface area contributed by atoms with Crippen molar-refractivity contribution in [1.29, 1.82) is 0 Å². The molecule has 0 bridgehead atoms. The van der Waals surface area contributed by atoms with Gasteiger partial charge in [0.1, 0.15) is 5.82 Å². The highest BCUT2D eigenvalue weighted by Crippen LogP contribution is 2.29. The van der Waals surface area contributed by atoms with E-state index in [4.69, 9.17) is 0 Å². The predicted molar refractivity (Wildman–Crippen MR) is 70.4 cm³/mol. The first-order chi connectivity index (χ1) is 8.16. The third kappa shape index (κ3) is 1.71. The van der Waals surface area contributed by atoms with Crippen molar-refractivity contribution in [3.05, 3.63) is 28.0 Å². The highest BCUT2D eigenvalue weighted by Gasteiger charge is 2.17. The number of nitrogens with zero attached hydrogens (tertiary/aromatic N) is 2. The van der Waals surface area contributed by atoms with E-state index in [1.54, 1.807) is 6.92 Å². The molecule has 1 aliphatic rings. The first kappa shape index (κ1) is 11.0. The topological polar surface area (TPSA) is 34.9 Å². The number of fused-ring (bicyclic) bond motifs is 3. The Kier molecular flexibility index (Phi) is 2.54. The van der Waals surface area contributed by atoms with Crippen molar-refractivity contribution in [3.63, 3.8) is 0 Å². The Morgan fingerprint density at radius 3 is 3.00 bits per heavy atom. The van der Waals surface area contributed by atoms with Crippen molar-refractivity contribution < 1.29 is 4.79 Å². The zero-order valence-corrected chi connectivity index (χ0v) is 11.2. The normalized spacial score (nSPS) is 14.9. The van der Waals surface area contributed by atoms with Crippen molar-refractivity contribution >= 4 is 32.7 Å². The predicted octanol–water partition coefficient (Wildman–Crippen LogP) is 3.34. The summed E-state index contributed by atoms with van der Waals surface area (Å²) in [6.07, 6.45) is 3.45. The van der Waals surface area contributed by atoms with Gasteiger partial charge in [0.2, 0.25) is 0 Å². The van der Waals surface area contributed by atoms with Crippen LogP contribution in [0.15, 0.2) is 16.6 Å². The summed E-state index contributed by atoms with van der Waals surface area (Å²) < 4.78 is 3.24. The van der Waals surface area contributed by atoms with E-state index in [9.17, 15) is 4.79 Å². The van der Waals surface area contributed by atoms with Gasteiger partial charge in [-0.25, -0.2) is 4.98 Å². The van der Waals surface area contributed by atoms with E-state index in [1.165, 1.54) is 12.8 Å². The summed E-state index contributed by atoms with van der Waals surface area (Å²) in [6, 6.07) is 3.79. The first-order valence-electron chi connectivity index (χ1n) is 5.86. The Labute approximate surface area is 108 Å². The number of aromatic nitrogens is 2. The molecular weight excluding hydrogens is 280 g/mol. The second-order valence-corrected chi connectivity index (χ2v) is 5.37. The Morgan fingerprint density at radius 1 is 1.41 bits per heavy atom. The molecule has 17 heavy (non-hydrogen) atoms. The van der Waals surface area contributed by atoms with Crippen LogP contribution in [0.25, 0.3) is 11.0 Å². The summed E-state index contributed by atoms with van der Waals surface area (Å²) in [5.74, 6) is 1.23. The van der Waals surface area contributed by atoms with Gasteiger partial charge in [-0.3, -0.25) is 4.79 Å². The highest BCUT2D eigenvalue weighted by atomic mass is 79.9. The Balaban J connectivity index is 2.30. The van der Waals surface area contributed by atoms with E-state index in [0.717, 1.165) is 39.9 Å². The lowest BCUT2D eigenvalue weighted by Crippen LogP contribution is -2.10. The van der Waals surface area contributed by atoms with Crippen LogP contribution in [0.1, 0.15) is 35.9 Å². The molecule has 0 fully saturated rings. The molecule has 1 aromatic carbocycles. The van der Waals surface area contributed by atoms with Crippen LogP contribution in [0, 0.1) is 0 Å². The summed E-state index contributed by atoms with van der Waals surface area (Å²) in [5.41, 5.74) is 2.78. The summed E-state index contributed by atoms with van der Waals surface area (Å²) >= 11 is 3.56. The van der Waals surface area contributed by atoms with Crippen LogP contribution in [-0.4, -0.2) is 15.3 Å². The molecule has 0 saturated heterocycles. The lowest BCUT2D eigenvalue weighted by Gasteiger charge is -2.14. The minimum atomic E-state index is 0.0820. The van der Waals surface area contributed by atoms with Gasteiger partial charge in [-0.15, -0.1) is 0 Å². The smallest absolute Gasteiger partial charge is 0.159 e. The van der Waals surface area contributed by atoms with Crippen LogP contribution in [0.3, 0.4) is 0 Å². The van der Waals surface area contributed by atoms with Gasteiger partial charge in [-0.1, -0.05) is 0 Å². The lowest BCUT2D eigenvalue weighted by molar-refractivity contribution is 0.101. The van der Waals surface area contributed by atoms with Gasteiger partial charge in [0.05, 0.1) is 11.0 Å². The number of imidazole rings is 1. The number of rotatable bonds is 1. The second-order valence-electron chi connectivity index (χ2n) is 4.52. The molecule has 0 N–H and O–H groups in total. The molecular formula is C13H13BrN2O. The van der Waals surface area contributed by atoms with E-state index in [0.29, 0.717) is 0 Å². The molecule has 2 heterocycles. The van der Waals surface area contributed by atoms with Gasteiger partial charge in [-0.05, 0) is 47.8 Å². The molecule has 2 aromatic rings. The first-order valence-corrected chi connectivity index (χ1v) is 6.66. The minimum Gasteiger partial charge on any atom is -0.327 e. The summed E-state index contributed by atoms with van der Waals surface area (Å²) in [6.45, 7) is 2.62. The number of hydrogen-bond acceptors (Lipinski definition) is 2. The number of carbonyl (C=O) groups excluding carboxylic acids is 1. The molecule has 88 valence electrons. The summed E-state index contributed by atoms with van der Waals surface area (Å²) in [5, 5.41) is 0. The number of hydrogen-bond donors (Lipinski definition) is 0. The van der Waals surface area contributed by atoms with Crippen molar-refractivity contribution in [2.75, 3.05) is 0 Å². The lowest BCUT2D eigenvalue weighted by atomic mass is 10.1. The third-order valence-corrected chi connectivity index (χ3v) is 3.92. The van der Waals surface area contributed by atoms with E-state index < -0.39 is 0 Å². The number of carbonyl (C=O) groups is 1. The van der Waals surface area contributed by atoms with E-state index in [-0.39, 0.29) is 5.78 Å². The van der Waals surface area contributed by atoms with Gasteiger partial charge in [0.25, 0.3) is 0 Å². The van der Waals surface area contributed by atoms with Crippen LogP contribution >= 0.6 is 15.9 Å². The highest BCUT2D eigenvalue weighted by molar-refractivity contribution is 9.10. The molecule has 0 saturated carbocycles. The average molecular weight is 293 g/mol. The van der Waals surface area contributed by atoms with Crippen molar-refractivity contribution in [2.24, 2.45) is 0 Å². The number of halogens is 1. The molecule has 1 aromatic heterocycles. The van der Waals surface area contributed by atoms with Gasteiger partial charge in [0, 0.05) is 23.0 Å². The second kappa shape index (κ2) is 3.95. The molecule has 0 aliphatic carbocycles. The molecule has 0 amide bonds. The Bertz CT molecular complexity index is 615. The number of aryl methyl sites for hydroxylation is 2. The molecule has 0 unspecified atom stereocenters. The maximum Gasteiger partial charge on any atom is 0.159 e. The van der Waals surface area contributed by atoms with E-state index in [1.807, 2.05) is 12.1 Å². The van der Waals surface area contributed by atoms with Crippen LogP contribution < -0.4 is 0 Å². The van der Waals surface area contributed by atoms with Crippen LogP contribution in [0.5, 0.6) is 0 Å². The zero-order valence-electron chi connectivity index (χ0n) is 9.66. The maximum atomic E-state index is 11.4. The van der Waals surface area contributed by atoms with Gasteiger partial charge >= 0.3 is 0 Å². The van der Waals surface area contributed by atoms with Crippen molar-refractivity contribution in [2.45, 2.75) is 32.7 Å². The van der Waals surface area contributed by atoms with Crippen LogP contribution in [-0.2, 0) is 13.0 Å². The van der Waals surface area contributed by atoms with Crippen LogP contribution in [0.4, 0.5) is 0 Å². The minimum absolute atomic E-state index is 0.0820. The molecule has 0 atom stereocenters. The summed E-state index contributed by atoms with van der Waals surface area (Å²) in [7, 11) is 0. The fourth-order valence-corrected chi connectivity index (χ4v) is 3.12. The van der Waals surface area contributed by atoms with Gasteiger partial charge < -0.3 is 4.57 Å². The van der Waals surface area contributed by atoms with E-state index >= 15 is 0 Å². The standard InChI is InChI=1S/C13H13BrN2O/c1-8(17)9-6-10(14)13-11(7-9)15-12-4-2-3-5-16(12)13/h6-7H,2-5H2,1H3. The Morgan fingerprint density at radius 2 is 2.24 bits per heavy atom.